The van der Waals surface area contributed by atoms with Crippen LogP contribution >= 0.6 is 0 Å². The van der Waals surface area contributed by atoms with Gasteiger partial charge >= 0.3 is 0 Å². The fourth-order valence-electron chi connectivity index (χ4n) is 1.40. The summed E-state index contributed by atoms with van der Waals surface area (Å²) in [6.45, 7) is 2.52. The van der Waals surface area contributed by atoms with Gasteiger partial charge in [-0.05, 0) is 24.6 Å². The molecule has 0 fully saturated rings. The van der Waals surface area contributed by atoms with E-state index < -0.39 is 0 Å². The minimum Gasteiger partial charge on any atom is -0.489 e. The van der Waals surface area contributed by atoms with E-state index in [1.807, 2.05) is 19.1 Å². The Kier molecular flexibility index (Phi) is 2.31. The van der Waals surface area contributed by atoms with Crippen LogP contribution in [0.25, 0.3) is 0 Å². The van der Waals surface area contributed by atoms with Crippen molar-refractivity contribution in [1.29, 1.82) is 0 Å². The first-order valence-corrected chi connectivity index (χ1v) is 4.56. The summed E-state index contributed by atoms with van der Waals surface area (Å²) in [7, 11) is 0. The van der Waals surface area contributed by atoms with Crippen molar-refractivity contribution in [3.8, 4) is 0 Å². The van der Waals surface area contributed by atoms with Crippen LogP contribution in [0.15, 0.2) is 30.3 Å². The fraction of sp³-hybridized carbons (Fsp3) is 0.273. The molecule has 1 aromatic rings. The number of pyridine rings is 1. The third-order valence-electron chi connectivity index (χ3n) is 2.07. The van der Waals surface area contributed by atoms with E-state index in [2.05, 4.69) is 4.98 Å². The zero-order valence-electron chi connectivity index (χ0n) is 7.99. The molecule has 0 bridgehead atoms. The van der Waals surface area contributed by atoms with Gasteiger partial charge in [-0.15, -0.1) is 0 Å². The molecule has 3 nitrogen and oxygen atoms in total. The Morgan fingerprint density at radius 3 is 3.00 bits per heavy atom. The van der Waals surface area contributed by atoms with Crippen molar-refractivity contribution in [2.24, 2.45) is 0 Å². The van der Waals surface area contributed by atoms with Crippen LogP contribution < -0.4 is 0 Å². The minimum absolute atomic E-state index is 0.0706. The van der Waals surface area contributed by atoms with Crippen molar-refractivity contribution in [3.63, 3.8) is 0 Å². The summed E-state index contributed by atoms with van der Waals surface area (Å²) >= 11 is 0. The minimum atomic E-state index is -0.0706. The lowest BCUT2D eigenvalue weighted by atomic mass is 10.1. The lowest BCUT2D eigenvalue weighted by Crippen LogP contribution is -2.04. The smallest absolute Gasteiger partial charge is 0.228 e. The van der Waals surface area contributed by atoms with E-state index in [1.54, 1.807) is 12.4 Å². The Morgan fingerprint density at radius 1 is 1.50 bits per heavy atom. The molecule has 0 saturated carbocycles. The molecular weight excluding hydrogens is 178 g/mol. The third kappa shape index (κ3) is 1.66. The van der Waals surface area contributed by atoms with Crippen LogP contribution in [-0.2, 0) is 4.74 Å². The molecule has 0 aromatic carbocycles. The highest BCUT2D eigenvalue weighted by Gasteiger charge is 2.16. The molecule has 2 heterocycles. The number of carbonyl (C=O) groups is 1. The molecule has 0 N–H and O–H groups in total. The van der Waals surface area contributed by atoms with E-state index in [4.69, 9.17) is 4.74 Å². The summed E-state index contributed by atoms with van der Waals surface area (Å²) in [5.41, 5.74) is 1.58. The van der Waals surface area contributed by atoms with Gasteiger partial charge < -0.3 is 4.74 Å². The molecule has 0 saturated heterocycles. The molecule has 0 aliphatic carbocycles. The third-order valence-corrected chi connectivity index (χ3v) is 2.07. The summed E-state index contributed by atoms with van der Waals surface area (Å²) in [5.74, 6) is 0.385. The van der Waals surface area contributed by atoms with Crippen molar-refractivity contribution in [2.45, 2.75) is 13.3 Å². The first-order valence-electron chi connectivity index (χ1n) is 4.56. The SMILES string of the molecule is Cc1cncc(C(=O)C2=CCCO2)c1. The number of aromatic nitrogens is 1. The van der Waals surface area contributed by atoms with Crippen LogP contribution in [0.5, 0.6) is 0 Å². The van der Waals surface area contributed by atoms with Crippen LogP contribution in [0.1, 0.15) is 22.3 Å². The van der Waals surface area contributed by atoms with Crippen molar-refractivity contribution < 1.29 is 9.53 Å². The van der Waals surface area contributed by atoms with Gasteiger partial charge in [0.25, 0.3) is 0 Å². The van der Waals surface area contributed by atoms with Gasteiger partial charge in [-0.1, -0.05) is 0 Å². The van der Waals surface area contributed by atoms with Gasteiger partial charge in [0.15, 0.2) is 5.76 Å². The van der Waals surface area contributed by atoms with E-state index in [-0.39, 0.29) is 5.78 Å². The van der Waals surface area contributed by atoms with Crippen molar-refractivity contribution in [2.75, 3.05) is 6.61 Å². The second kappa shape index (κ2) is 3.62. The van der Waals surface area contributed by atoms with Gasteiger partial charge in [-0.3, -0.25) is 9.78 Å². The summed E-state index contributed by atoms with van der Waals surface area (Å²) in [6.07, 6.45) is 5.93. The number of nitrogens with zero attached hydrogens (tertiary/aromatic N) is 1. The molecule has 0 spiro atoms. The largest absolute Gasteiger partial charge is 0.489 e. The second-order valence-corrected chi connectivity index (χ2v) is 3.29. The quantitative estimate of drug-likeness (QED) is 0.667. The van der Waals surface area contributed by atoms with Crippen LogP contribution in [0, 0.1) is 6.92 Å². The molecule has 0 amide bonds. The molecule has 1 aromatic heterocycles. The molecule has 0 atom stereocenters. The van der Waals surface area contributed by atoms with E-state index in [0.29, 0.717) is 17.9 Å². The van der Waals surface area contributed by atoms with Gasteiger partial charge in [0.05, 0.1) is 6.61 Å². The van der Waals surface area contributed by atoms with Crippen LogP contribution in [-0.4, -0.2) is 17.4 Å². The average Bonchev–Trinajstić information content (AvgIpc) is 2.69. The Hall–Kier alpha value is -1.64. The maximum Gasteiger partial charge on any atom is 0.228 e. The lowest BCUT2D eigenvalue weighted by Gasteiger charge is -2.02. The van der Waals surface area contributed by atoms with Gasteiger partial charge in [0.2, 0.25) is 5.78 Å². The van der Waals surface area contributed by atoms with Crippen LogP contribution in [0.3, 0.4) is 0 Å². The Morgan fingerprint density at radius 2 is 2.36 bits per heavy atom. The number of ether oxygens (including phenoxy) is 1. The van der Waals surface area contributed by atoms with Crippen LogP contribution in [0.2, 0.25) is 0 Å². The predicted molar refractivity (Wildman–Crippen MR) is 52.0 cm³/mol. The standard InChI is InChI=1S/C11H11NO2/c1-8-5-9(7-12-6-8)11(13)10-3-2-4-14-10/h3,5-7H,2,4H2,1H3. The normalized spacial score (nSPS) is 14.8. The Bertz CT molecular complexity index is 396. The van der Waals surface area contributed by atoms with E-state index in [1.165, 1.54) is 0 Å². The average molecular weight is 189 g/mol. The molecular formula is C11H11NO2. The monoisotopic (exact) mass is 189 g/mol. The van der Waals surface area contributed by atoms with E-state index >= 15 is 0 Å². The maximum atomic E-state index is 11.8. The lowest BCUT2D eigenvalue weighted by molar-refractivity contribution is 0.0942. The van der Waals surface area contributed by atoms with Crippen LogP contribution in [0.4, 0.5) is 0 Å². The highest BCUT2D eigenvalue weighted by atomic mass is 16.5. The molecule has 0 radical (unpaired) electrons. The molecule has 0 unspecified atom stereocenters. The number of ketones is 1. The molecule has 72 valence electrons. The molecule has 14 heavy (non-hydrogen) atoms. The summed E-state index contributed by atoms with van der Waals surface area (Å²) in [4.78, 5) is 15.7. The zero-order chi connectivity index (χ0) is 9.97. The zero-order valence-corrected chi connectivity index (χ0v) is 7.99. The predicted octanol–water partition coefficient (Wildman–Crippen LogP) is 1.88. The summed E-state index contributed by atoms with van der Waals surface area (Å²) in [6, 6.07) is 1.82. The first kappa shape index (κ1) is 8.94. The Balaban J connectivity index is 2.27. The highest BCUT2D eigenvalue weighted by molar-refractivity contribution is 6.07. The molecule has 1 aliphatic heterocycles. The van der Waals surface area contributed by atoms with Crippen molar-refractivity contribution >= 4 is 5.78 Å². The van der Waals surface area contributed by atoms with E-state index in [0.717, 1.165) is 12.0 Å². The molecule has 1 aliphatic rings. The first-order chi connectivity index (χ1) is 6.77. The number of aryl methyl sites for hydroxylation is 1. The van der Waals surface area contributed by atoms with Gasteiger partial charge in [-0.25, -0.2) is 0 Å². The summed E-state index contributed by atoms with van der Waals surface area (Å²) in [5, 5.41) is 0. The number of hydrogen-bond donors (Lipinski definition) is 0. The molecule has 3 heteroatoms. The Labute approximate surface area is 82.4 Å². The number of Topliss-reactive ketones (excluding diaryl/α,β-unsaturated/α-hetero) is 1. The number of rotatable bonds is 2. The van der Waals surface area contributed by atoms with Gasteiger partial charge in [0, 0.05) is 24.4 Å². The van der Waals surface area contributed by atoms with Gasteiger partial charge in [-0.2, -0.15) is 0 Å². The number of hydrogen-bond acceptors (Lipinski definition) is 3. The highest BCUT2D eigenvalue weighted by Crippen LogP contribution is 2.15. The fourth-order valence-corrected chi connectivity index (χ4v) is 1.40. The van der Waals surface area contributed by atoms with Crippen molar-refractivity contribution in [1.82, 2.24) is 4.98 Å². The van der Waals surface area contributed by atoms with Gasteiger partial charge in [0.1, 0.15) is 0 Å². The maximum absolute atomic E-state index is 11.8. The summed E-state index contributed by atoms with van der Waals surface area (Å²) < 4.78 is 5.19. The van der Waals surface area contributed by atoms with Crippen molar-refractivity contribution in [3.05, 3.63) is 41.4 Å². The second-order valence-electron chi connectivity index (χ2n) is 3.29. The number of allylic oxidation sites excluding steroid dienone is 1. The number of carbonyl (C=O) groups excluding carboxylic acids is 1. The molecule has 2 rings (SSSR count). The topological polar surface area (TPSA) is 39.2 Å². The van der Waals surface area contributed by atoms with E-state index in [9.17, 15) is 4.79 Å².